The van der Waals surface area contributed by atoms with E-state index in [1.807, 2.05) is 48.5 Å². The van der Waals surface area contributed by atoms with Crippen LogP contribution in [0.4, 0.5) is 0 Å². The van der Waals surface area contributed by atoms with Crippen LogP contribution >= 0.6 is 23.4 Å². The predicted octanol–water partition coefficient (Wildman–Crippen LogP) is 4.47. The van der Waals surface area contributed by atoms with E-state index in [0.29, 0.717) is 11.6 Å². The molecule has 0 spiro atoms. The van der Waals surface area contributed by atoms with Crippen LogP contribution in [0.3, 0.4) is 0 Å². The van der Waals surface area contributed by atoms with Crippen LogP contribution in [-0.4, -0.2) is 11.3 Å². The summed E-state index contributed by atoms with van der Waals surface area (Å²) in [7, 11) is 0. The third-order valence-electron chi connectivity index (χ3n) is 3.14. The first kappa shape index (κ1) is 14.2. The molecule has 0 N–H and O–H groups in total. The molecule has 0 radical (unpaired) electrons. The largest absolute Gasteiger partial charge is 0.391 e. The Balaban J connectivity index is 1.60. The Bertz CT molecular complexity index is 685. The van der Waals surface area contributed by atoms with E-state index in [0.717, 1.165) is 16.7 Å². The quantitative estimate of drug-likeness (QED) is 0.617. The van der Waals surface area contributed by atoms with Gasteiger partial charge in [0.2, 0.25) is 5.12 Å². The van der Waals surface area contributed by atoms with Crippen molar-refractivity contribution < 1.29 is 9.63 Å². The summed E-state index contributed by atoms with van der Waals surface area (Å²) in [4.78, 5) is 17.1. The van der Waals surface area contributed by atoms with Crippen LogP contribution in [0.2, 0.25) is 5.02 Å². The molecule has 1 atom stereocenters. The molecule has 21 heavy (non-hydrogen) atoms. The lowest BCUT2D eigenvalue weighted by molar-refractivity contribution is 0.109. The molecule has 5 heteroatoms. The zero-order chi connectivity index (χ0) is 14.7. The first-order valence-corrected chi connectivity index (χ1v) is 7.69. The van der Waals surface area contributed by atoms with Gasteiger partial charge in [-0.15, -0.1) is 0 Å². The molecule has 3 rings (SSSR count). The molecule has 0 bridgehead atoms. The Morgan fingerprint density at radius 2 is 1.95 bits per heavy atom. The minimum absolute atomic E-state index is 0.0704. The summed E-state index contributed by atoms with van der Waals surface area (Å²) in [6, 6.07) is 15.0. The van der Waals surface area contributed by atoms with Crippen LogP contribution in [0.25, 0.3) is 0 Å². The monoisotopic (exact) mass is 317 g/mol. The van der Waals surface area contributed by atoms with E-state index in [1.165, 1.54) is 11.8 Å². The highest BCUT2D eigenvalue weighted by Crippen LogP contribution is 2.39. The number of thioether (sulfide) groups is 1. The maximum absolute atomic E-state index is 11.8. The highest BCUT2D eigenvalue weighted by atomic mass is 35.5. The lowest BCUT2D eigenvalue weighted by atomic mass is 10.1. The van der Waals surface area contributed by atoms with Crippen LogP contribution in [0.15, 0.2) is 53.7 Å². The van der Waals surface area contributed by atoms with Crippen molar-refractivity contribution >= 4 is 34.7 Å². The van der Waals surface area contributed by atoms with Gasteiger partial charge in [0.1, 0.15) is 6.61 Å². The van der Waals surface area contributed by atoms with Crippen molar-refractivity contribution in [1.82, 2.24) is 0 Å². The van der Waals surface area contributed by atoms with E-state index >= 15 is 0 Å². The number of carbonyl (C=O) groups excluding carboxylic acids is 1. The number of carbonyl (C=O) groups is 1. The van der Waals surface area contributed by atoms with Crippen LogP contribution in [-0.2, 0) is 11.4 Å². The van der Waals surface area contributed by atoms with Gasteiger partial charge in [-0.3, -0.25) is 4.79 Å². The van der Waals surface area contributed by atoms with Crippen molar-refractivity contribution in [1.29, 1.82) is 0 Å². The second kappa shape index (κ2) is 6.33. The molecule has 1 heterocycles. The summed E-state index contributed by atoms with van der Waals surface area (Å²) in [6.07, 6.45) is 1.67. The second-order valence-corrected chi connectivity index (χ2v) is 6.12. The summed E-state index contributed by atoms with van der Waals surface area (Å²) >= 11 is 7.07. The van der Waals surface area contributed by atoms with Gasteiger partial charge >= 0.3 is 0 Å². The molecule has 0 aromatic heterocycles. The third kappa shape index (κ3) is 3.28. The van der Waals surface area contributed by atoms with Crippen molar-refractivity contribution in [3.8, 4) is 0 Å². The van der Waals surface area contributed by atoms with Gasteiger partial charge in [0.25, 0.3) is 0 Å². The van der Waals surface area contributed by atoms with Crippen LogP contribution < -0.4 is 0 Å². The minimum Gasteiger partial charge on any atom is -0.391 e. The highest BCUT2D eigenvalue weighted by molar-refractivity contribution is 8.15. The molecule has 0 aliphatic carbocycles. The van der Waals surface area contributed by atoms with E-state index in [-0.39, 0.29) is 10.4 Å². The van der Waals surface area contributed by atoms with Gasteiger partial charge < -0.3 is 4.84 Å². The standard InChI is InChI=1S/C16H12ClNO2S/c17-12-7-5-11(6-8-12)10-20-18-9-15-13-3-1-2-4-14(13)16(19)21-15/h1-9,15H,10H2. The Hall–Kier alpha value is -1.78. The number of halogens is 1. The smallest absolute Gasteiger partial charge is 0.220 e. The molecule has 106 valence electrons. The average Bonchev–Trinajstić information content (AvgIpc) is 2.83. The SMILES string of the molecule is O=C1SC(C=NOCc2ccc(Cl)cc2)c2ccccc21. The Kier molecular flexibility index (Phi) is 4.27. The van der Waals surface area contributed by atoms with Crippen LogP contribution in [0.5, 0.6) is 0 Å². The maximum atomic E-state index is 11.8. The normalized spacial score (nSPS) is 17.2. The summed E-state index contributed by atoms with van der Waals surface area (Å²) in [5.41, 5.74) is 2.75. The molecular formula is C16H12ClNO2S. The Labute approximate surface area is 131 Å². The zero-order valence-corrected chi connectivity index (χ0v) is 12.6. The first-order valence-electron chi connectivity index (χ1n) is 6.44. The molecule has 0 saturated heterocycles. The number of rotatable bonds is 4. The van der Waals surface area contributed by atoms with E-state index in [9.17, 15) is 4.79 Å². The highest BCUT2D eigenvalue weighted by Gasteiger charge is 2.28. The molecule has 2 aromatic carbocycles. The molecule has 3 nitrogen and oxygen atoms in total. The minimum atomic E-state index is -0.0704. The van der Waals surface area contributed by atoms with Gasteiger partial charge in [0.15, 0.2) is 0 Å². The molecule has 1 aliphatic heterocycles. The van der Waals surface area contributed by atoms with Gasteiger partial charge in [-0.1, -0.05) is 64.9 Å². The molecule has 1 aliphatic rings. The number of hydrogen-bond acceptors (Lipinski definition) is 4. The number of oxime groups is 1. The Morgan fingerprint density at radius 3 is 2.76 bits per heavy atom. The van der Waals surface area contributed by atoms with Crippen LogP contribution in [0, 0.1) is 0 Å². The second-order valence-electron chi connectivity index (χ2n) is 4.57. The number of benzene rings is 2. The fraction of sp³-hybridized carbons (Fsp3) is 0.125. The van der Waals surface area contributed by atoms with Gasteiger partial charge in [0, 0.05) is 10.6 Å². The number of hydrogen-bond donors (Lipinski definition) is 0. The molecular weight excluding hydrogens is 306 g/mol. The van der Waals surface area contributed by atoms with Gasteiger partial charge in [-0.25, -0.2) is 0 Å². The van der Waals surface area contributed by atoms with Crippen molar-refractivity contribution in [3.63, 3.8) is 0 Å². The predicted molar refractivity (Wildman–Crippen MR) is 85.8 cm³/mol. The summed E-state index contributed by atoms with van der Waals surface area (Å²) < 4.78 is 0. The molecule has 0 amide bonds. The lowest BCUT2D eigenvalue weighted by Gasteiger charge is -2.03. The van der Waals surface area contributed by atoms with Crippen LogP contribution in [0.1, 0.15) is 26.7 Å². The fourth-order valence-electron chi connectivity index (χ4n) is 2.07. The van der Waals surface area contributed by atoms with Gasteiger partial charge in [-0.2, -0.15) is 0 Å². The number of fused-ring (bicyclic) bond motifs is 1. The van der Waals surface area contributed by atoms with Crippen molar-refractivity contribution in [3.05, 3.63) is 70.2 Å². The lowest BCUT2D eigenvalue weighted by Crippen LogP contribution is -1.93. The molecule has 2 aromatic rings. The first-order chi connectivity index (χ1) is 10.2. The number of nitrogens with zero attached hydrogens (tertiary/aromatic N) is 1. The average molecular weight is 318 g/mol. The molecule has 0 fully saturated rings. The van der Waals surface area contributed by atoms with Crippen molar-refractivity contribution in [2.75, 3.05) is 0 Å². The fourth-order valence-corrected chi connectivity index (χ4v) is 3.19. The maximum Gasteiger partial charge on any atom is 0.220 e. The van der Waals surface area contributed by atoms with Crippen molar-refractivity contribution in [2.45, 2.75) is 11.9 Å². The summed E-state index contributed by atoms with van der Waals surface area (Å²) in [6.45, 7) is 0.376. The van der Waals surface area contributed by atoms with E-state index in [2.05, 4.69) is 5.16 Å². The van der Waals surface area contributed by atoms with E-state index < -0.39 is 0 Å². The summed E-state index contributed by atoms with van der Waals surface area (Å²) in [5, 5.41) is 4.68. The van der Waals surface area contributed by atoms with Gasteiger partial charge in [-0.05, 0) is 23.3 Å². The van der Waals surface area contributed by atoms with E-state index in [4.69, 9.17) is 16.4 Å². The van der Waals surface area contributed by atoms with Gasteiger partial charge in [0.05, 0.1) is 11.5 Å². The zero-order valence-electron chi connectivity index (χ0n) is 11.0. The molecule has 1 unspecified atom stereocenters. The summed E-state index contributed by atoms with van der Waals surface area (Å²) in [5.74, 6) is 0. The third-order valence-corrected chi connectivity index (χ3v) is 4.45. The molecule has 0 saturated carbocycles. The van der Waals surface area contributed by atoms with Crippen molar-refractivity contribution in [2.24, 2.45) is 5.16 Å². The Morgan fingerprint density at radius 1 is 1.19 bits per heavy atom. The van der Waals surface area contributed by atoms with E-state index in [1.54, 1.807) is 6.21 Å². The topological polar surface area (TPSA) is 38.7 Å².